The van der Waals surface area contributed by atoms with Crippen molar-refractivity contribution in [2.75, 3.05) is 33.3 Å². The van der Waals surface area contributed by atoms with Gasteiger partial charge in [-0.1, -0.05) is 0 Å². The predicted octanol–water partition coefficient (Wildman–Crippen LogP) is 2.66. The van der Waals surface area contributed by atoms with E-state index < -0.39 is 0 Å². The molecule has 1 aromatic rings. The molecule has 1 rings (SSSR count). The molecule has 17 heavy (non-hydrogen) atoms. The molecule has 94 valence electrons. The van der Waals surface area contributed by atoms with Crippen LogP contribution in [0.1, 0.15) is 0 Å². The van der Waals surface area contributed by atoms with Gasteiger partial charge in [-0.2, -0.15) is 0 Å². The summed E-state index contributed by atoms with van der Waals surface area (Å²) in [7, 11) is 6.21. The van der Waals surface area contributed by atoms with Gasteiger partial charge < -0.3 is 19.1 Å². The van der Waals surface area contributed by atoms with Crippen LogP contribution in [0.5, 0.6) is 17.2 Å². The molecule has 6 heteroatoms. The number of amides is 1. The number of methoxy groups -OCH3 is 3. The van der Waals surface area contributed by atoms with E-state index in [9.17, 15) is 4.79 Å². The van der Waals surface area contributed by atoms with Crippen LogP contribution in [0.15, 0.2) is 12.1 Å². The highest BCUT2D eigenvalue weighted by Crippen LogP contribution is 2.40. The molecule has 0 saturated carbocycles. The predicted molar refractivity (Wildman–Crippen MR) is 68.8 cm³/mol. The number of rotatable bonds is 4. The highest BCUT2D eigenvalue weighted by atomic mass is 79.9. The molecule has 0 unspecified atom stereocenters. The zero-order chi connectivity index (χ0) is 13.0. The van der Waals surface area contributed by atoms with Gasteiger partial charge in [0.2, 0.25) is 5.75 Å². The first kappa shape index (κ1) is 13.6. The molecule has 0 aliphatic heterocycles. The van der Waals surface area contributed by atoms with Crippen molar-refractivity contribution in [1.29, 1.82) is 0 Å². The largest absolute Gasteiger partial charge is 0.493 e. The molecule has 5 nitrogen and oxygen atoms in total. The molecule has 1 aromatic carbocycles. The summed E-state index contributed by atoms with van der Waals surface area (Å²) in [5, 5.41) is 0. The van der Waals surface area contributed by atoms with Gasteiger partial charge in [0.1, 0.15) is 0 Å². The first-order valence-electron chi connectivity index (χ1n) is 4.78. The van der Waals surface area contributed by atoms with Crippen molar-refractivity contribution in [3.8, 4) is 17.2 Å². The third-order valence-corrected chi connectivity index (χ3v) is 2.83. The van der Waals surface area contributed by atoms with Gasteiger partial charge in [0, 0.05) is 35.1 Å². The van der Waals surface area contributed by atoms with Crippen molar-refractivity contribution in [1.82, 2.24) is 0 Å². The maximum absolute atomic E-state index is 11.2. The summed E-state index contributed by atoms with van der Waals surface area (Å²) >= 11 is 2.88. The molecular weight excluding hydrogens is 290 g/mol. The number of anilines is 1. The van der Waals surface area contributed by atoms with Crippen LogP contribution in [0.2, 0.25) is 0 Å². The van der Waals surface area contributed by atoms with E-state index in [1.165, 1.54) is 26.2 Å². The lowest BCUT2D eigenvalue weighted by atomic mass is 10.2. The van der Waals surface area contributed by atoms with Gasteiger partial charge in [-0.3, -0.25) is 4.79 Å². The van der Waals surface area contributed by atoms with E-state index in [1.807, 2.05) is 0 Å². The van der Waals surface area contributed by atoms with Gasteiger partial charge in [-0.25, -0.2) is 0 Å². The zero-order valence-electron chi connectivity index (χ0n) is 10.1. The standard InChI is InChI=1S/C11H14BrNO4/c1-13(11(12)14)7-5-8(15-2)10(17-4)9(6-7)16-3/h5-6H,1-4H3. The summed E-state index contributed by atoms with van der Waals surface area (Å²) in [6.45, 7) is 0. The summed E-state index contributed by atoms with van der Waals surface area (Å²) < 4.78 is 15.6. The van der Waals surface area contributed by atoms with Crippen LogP contribution in [0.25, 0.3) is 0 Å². The molecule has 0 aromatic heterocycles. The van der Waals surface area contributed by atoms with Crippen LogP contribution in [0.4, 0.5) is 10.5 Å². The van der Waals surface area contributed by atoms with E-state index in [0.29, 0.717) is 22.9 Å². The number of nitrogens with zero attached hydrogens (tertiary/aromatic N) is 1. The SMILES string of the molecule is COc1cc(N(C)C(=O)Br)cc(OC)c1OC. The van der Waals surface area contributed by atoms with Crippen molar-refractivity contribution in [3.63, 3.8) is 0 Å². The van der Waals surface area contributed by atoms with Crippen molar-refractivity contribution in [2.45, 2.75) is 0 Å². The molecule has 0 saturated heterocycles. The fourth-order valence-corrected chi connectivity index (χ4v) is 1.57. The lowest BCUT2D eigenvalue weighted by molar-refractivity contribution is 0.267. The van der Waals surface area contributed by atoms with Gasteiger partial charge in [0.15, 0.2) is 11.5 Å². The lowest BCUT2D eigenvalue weighted by Gasteiger charge is -2.18. The van der Waals surface area contributed by atoms with Crippen LogP contribution in [0, 0.1) is 0 Å². The fourth-order valence-electron chi connectivity index (χ4n) is 1.36. The second kappa shape index (κ2) is 5.77. The molecule has 0 heterocycles. The molecule has 0 N–H and O–H groups in total. The second-order valence-corrected chi connectivity index (χ2v) is 3.87. The second-order valence-electron chi connectivity index (χ2n) is 3.20. The summed E-state index contributed by atoms with van der Waals surface area (Å²) in [6, 6.07) is 3.39. The van der Waals surface area contributed by atoms with Gasteiger partial charge in [0.25, 0.3) is 4.82 Å². The van der Waals surface area contributed by atoms with E-state index in [4.69, 9.17) is 14.2 Å². The number of ether oxygens (including phenoxy) is 3. The third kappa shape index (κ3) is 2.82. The Bertz CT molecular complexity index is 397. The van der Waals surface area contributed by atoms with Crippen molar-refractivity contribution < 1.29 is 19.0 Å². The molecule has 0 fully saturated rings. The summed E-state index contributed by atoms with van der Waals surface area (Å²) in [4.78, 5) is 12.4. The van der Waals surface area contributed by atoms with Crippen LogP contribution in [-0.4, -0.2) is 33.2 Å². The van der Waals surface area contributed by atoms with E-state index in [1.54, 1.807) is 19.2 Å². The Labute approximate surface area is 108 Å². The van der Waals surface area contributed by atoms with Gasteiger partial charge in [-0.15, -0.1) is 0 Å². The molecule has 1 amide bonds. The molecule has 0 radical (unpaired) electrons. The topological polar surface area (TPSA) is 48.0 Å². The van der Waals surface area contributed by atoms with Gasteiger partial charge in [-0.05, 0) is 0 Å². The Balaban J connectivity index is 3.31. The van der Waals surface area contributed by atoms with Crippen LogP contribution >= 0.6 is 15.9 Å². The van der Waals surface area contributed by atoms with Crippen LogP contribution < -0.4 is 19.1 Å². The third-order valence-electron chi connectivity index (χ3n) is 2.30. The van der Waals surface area contributed by atoms with Crippen molar-refractivity contribution >= 4 is 26.4 Å². The maximum atomic E-state index is 11.2. The minimum absolute atomic E-state index is 0.258. The highest BCUT2D eigenvalue weighted by Gasteiger charge is 2.16. The minimum Gasteiger partial charge on any atom is -0.493 e. The van der Waals surface area contributed by atoms with Gasteiger partial charge >= 0.3 is 0 Å². The van der Waals surface area contributed by atoms with Crippen LogP contribution in [0.3, 0.4) is 0 Å². The first-order chi connectivity index (χ1) is 8.04. The minimum atomic E-state index is -0.258. The fraction of sp³-hybridized carbons (Fsp3) is 0.364. The maximum Gasteiger partial charge on any atom is 0.293 e. The van der Waals surface area contributed by atoms with Crippen molar-refractivity contribution in [3.05, 3.63) is 12.1 Å². The Morgan fingerprint density at radius 3 is 1.88 bits per heavy atom. The normalized spacial score (nSPS) is 9.71. The average Bonchev–Trinajstić information content (AvgIpc) is 2.35. The number of carbonyl (C=O) groups is 1. The number of carbonyl (C=O) groups excluding carboxylic acids is 1. The van der Waals surface area contributed by atoms with Gasteiger partial charge in [0.05, 0.1) is 27.0 Å². The van der Waals surface area contributed by atoms with E-state index in [-0.39, 0.29) is 4.82 Å². The number of halogens is 1. The molecule has 0 spiro atoms. The Hall–Kier alpha value is -1.43. The summed E-state index contributed by atoms with van der Waals surface area (Å²) in [5.74, 6) is 1.50. The lowest BCUT2D eigenvalue weighted by Crippen LogP contribution is -2.19. The van der Waals surface area contributed by atoms with E-state index in [2.05, 4.69) is 15.9 Å². The Morgan fingerprint density at radius 2 is 1.59 bits per heavy atom. The average molecular weight is 304 g/mol. The smallest absolute Gasteiger partial charge is 0.293 e. The van der Waals surface area contributed by atoms with Crippen molar-refractivity contribution in [2.24, 2.45) is 0 Å². The molecule has 0 bridgehead atoms. The summed E-state index contributed by atoms with van der Waals surface area (Å²) in [5.41, 5.74) is 0.640. The monoisotopic (exact) mass is 303 g/mol. The number of hydrogen-bond acceptors (Lipinski definition) is 4. The number of benzene rings is 1. The first-order valence-corrected chi connectivity index (χ1v) is 5.57. The number of hydrogen-bond donors (Lipinski definition) is 0. The highest BCUT2D eigenvalue weighted by molar-refractivity contribution is 9.18. The quantitative estimate of drug-likeness (QED) is 0.634. The Kier molecular flexibility index (Phi) is 4.62. The Morgan fingerprint density at radius 1 is 1.12 bits per heavy atom. The summed E-state index contributed by atoms with van der Waals surface area (Å²) in [6.07, 6.45) is 0. The van der Waals surface area contributed by atoms with E-state index >= 15 is 0 Å². The molecular formula is C11H14BrNO4. The molecule has 0 aliphatic rings. The zero-order valence-corrected chi connectivity index (χ0v) is 11.7. The molecule has 0 atom stereocenters. The van der Waals surface area contributed by atoms with Crippen LogP contribution in [-0.2, 0) is 0 Å². The molecule has 0 aliphatic carbocycles. The van der Waals surface area contributed by atoms with E-state index in [0.717, 1.165) is 0 Å².